The summed E-state index contributed by atoms with van der Waals surface area (Å²) in [4.78, 5) is 32.2. The van der Waals surface area contributed by atoms with Gasteiger partial charge in [0.1, 0.15) is 17.0 Å². The molecule has 0 unspecified atom stereocenters. The number of rotatable bonds is 1. The average Bonchev–Trinajstić information content (AvgIpc) is 2.90. The molecule has 6 aliphatic rings. The van der Waals surface area contributed by atoms with Gasteiger partial charge in [-0.25, -0.2) is 4.79 Å². The van der Waals surface area contributed by atoms with Crippen LogP contribution in [0.4, 0.5) is 4.79 Å². The number of nitrogens with zero attached hydrogens (tertiary/aromatic N) is 2. The number of ether oxygens (including phenoxy) is 1. The van der Waals surface area contributed by atoms with Gasteiger partial charge in [0, 0.05) is 18.5 Å². The fourth-order valence-electron chi connectivity index (χ4n) is 6.89. The van der Waals surface area contributed by atoms with E-state index >= 15 is 0 Å². The lowest BCUT2D eigenvalue weighted by atomic mass is 9.49. The summed E-state index contributed by atoms with van der Waals surface area (Å²) in [5, 5.41) is 3.23. The molecule has 4 aliphatic carbocycles. The van der Waals surface area contributed by atoms with Crippen LogP contribution >= 0.6 is 0 Å². The van der Waals surface area contributed by atoms with Crippen LogP contribution in [0.5, 0.6) is 0 Å². The van der Waals surface area contributed by atoms with Gasteiger partial charge in [-0.05, 0) is 89.9 Å². The van der Waals surface area contributed by atoms with Crippen LogP contribution in [0.2, 0.25) is 0 Å². The molecule has 0 radical (unpaired) electrons. The van der Waals surface area contributed by atoms with Crippen molar-refractivity contribution in [2.45, 2.75) is 83.3 Å². The zero-order valence-electron chi connectivity index (χ0n) is 17.4. The van der Waals surface area contributed by atoms with Gasteiger partial charge in [-0.2, -0.15) is 0 Å². The number of carbonyl (C=O) groups excluding carboxylic acids is 2. The first kappa shape index (κ1) is 18.4. The first-order chi connectivity index (χ1) is 13.2. The number of piperidine rings is 1. The minimum absolute atomic E-state index is 0.0575. The Labute approximate surface area is 167 Å². The summed E-state index contributed by atoms with van der Waals surface area (Å²) in [5.74, 6) is 3.54. The van der Waals surface area contributed by atoms with E-state index in [1.165, 1.54) is 38.5 Å². The normalized spacial score (nSPS) is 38.5. The van der Waals surface area contributed by atoms with Crippen LogP contribution in [0.25, 0.3) is 0 Å². The van der Waals surface area contributed by atoms with Crippen molar-refractivity contribution in [3.05, 3.63) is 0 Å². The van der Waals surface area contributed by atoms with Gasteiger partial charge in [-0.3, -0.25) is 9.79 Å². The molecule has 6 heteroatoms. The molecule has 0 aromatic heterocycles. The molecule has 1 saturated heterocycles. The van der Waals surface area contributed by atoms with Gasteiger partial charge >= 0.3 is 6.09 Å². The highest BCUT2D eigenvalue weighted by Crippen LogP contribution is 2.61. The molecule has 28 heavy (non-hydrogen) atoms. The maximum Gasteiger partial charge on any atom is 0.410 e. The second kappa shape index (κ2) is 5.96. The molecule has 6 nitrogen and oxygen atoms in total. The van der Waals surface area contributed by atoms with Crippen LogP contribution in [0.3, 0.4) is 0 Å². The second-order valence-electron chi connectivity index (χ2n) is 11.1. The van der Waals surface area contributed by atoms with Gasteiger partial charge < -0.3 is 15.0 Å². The summed E-state index contributed by atoms with van der Waals surface area (Å²) in [6.45, 7) is 6.69. The molecule has 0 aromatic rings. The van der Waals surface area contributed by atoms with E-state index < -0.39 is 11.1 Å². The Morgan fingerprint density at radius 3 is 2.11 bits per heavy atom. The smallest absolute Gasteiger partial charge is 0.410 e. The van der Waals surface area contributed by atoms with Crippen molar-refractivity contribution < 1.29 is 14.3 Å². The lowest BCUT2D eigenvalue weighted by Crippen LogP contribution is -2.54. The fourth-order valence-corrected chi connectivity index (χ4v) is 6.89. The minimum Gasteiger partial charge on any atom is -0.444 e. The van der Waals surface area contributed by atoms with Gasteiger partial charge in [0.25, 0.3) is 5.91 Å². The van der Waals surface area contributed by atoms with Crippen LogP contribution in [-0.2, 0) is 9.53 Å². The van der Waals surface area contributed by atoms with Crippen molar-refractivity contribution in [2.24, 2.45) is 28.2 Å². The summed E-state index contributed by atoms with van der Waals surface area (Å²) in [7, 11) is 0. The van der Waals surface area contributed by atoms with Gasteiger partial charge in [0.2, 0.25) is 0 Å². The van der Waals surface area contributed by atoms with Crippen LogP contribution < -0.4 is 5.32 Å². The maximum absolute atomic E-state index is 13.0. The van der Waals surface area contributed by atoms with Gasteiger partial charge in [-0.1, -0.05) is 0 Å². The lowest BCUT2D eigenvalue weighted by Gasteiger charge is -2.56. The molecular weight excluding hydrogens is 354 g/mol. The standard InChI is InChI=1S/C22H33N3O3/c1-20(2,3)28-19(27)25-6-4-22(5-7-25)18(26)23-17(24-22)21-11-14-8-15(12-21)10-16(9-14)13-21/h14-16H,4-13H2,1-3H3,(H,23,24,26). The highest BCUT2D eigenvalue weighted by atomic mass is 16.6. The predicted molar refractivity (Wildman–Crippen MR) is 106 cm³/mol. The van der Waals surface area contributed by atoms with Gasteiger partial charge in [0.15, 0.2) is 0 Å². The third-order valence-corrected chi connectivity index (χ3v) is 7.76. The summed E-state index contributed by atoms with van der Waals surface area (Å²) >= 11 is 0. The third-order valence-electron chi connectivity index (χ3n) is 7.76. The third kappa shape index (κ3) is 2.94. The van der Waals surface area contributed by atoms with Crippen molar-refractivity contribution in [3.8, 4) is 0 Å². The van der Waals surface area contributed by atoms with E-state index in [-0.39, 0.29) is 17.4 Å². The maximum atomic E-state index is 13.0. The minimum atomic E-state index is -0.669. The van der Waals surface area contributed by atoms with Crippen molar-refractivity contribution in [1.29, 1.82) is 0 Å². The quantitative estimate of drug-likeness (QED) is 0.748. The number of hydrogen-bond acceptors (Lipinski definition) is 4. The number of amidine groups is 1. The van der Waals surface area contributed by atoms with E-state index in [1.54, 1.807) is 4.90 Å². The highest BCUT2D eigenvalue weighted by Gasteiger charge is 2.57. The summed E-state index contributed by atoms with van der Waals surface area (Å²) < 4.78 is 5.49. The Bertz CT molecular complexity index is 693. The van der Waals surface area contributed by atoms with Crippen LogP contribution in [-0.4, -0.2) is 47.0 Å². The molecular formula is C22H33N3O3. The summed E-state index contributed by atoms with van der Waals surface area (Å²) in [6, 6.07) is 0. The van der Waals surface area contributed by atoms with E-state index in [4.69, 9.17) is 9.73 Å². The number of carbonyl (C=O) groups is 2. The summed E-state index contributed by atoms with van der Waals surface area (Å²) in [6.07, 6.45) is 8.67. The highest BCUT2D eigenvalue weighted by molar-refractivity contribution is 6.10. The molecule has 1 N–H and O–H groups in total. The Morgan fingerprint density at radius 1 is 1.07 bits per heavy atom. The number of amides is 2. The van der Waals surface area contributed by atoms with E-state index in [0.29, 0.717) is 25.9 Å². The van der Waals surface area contributed by atoms with E-state index in [1.807, 2.05) is 20.8 Å². The molecule has 1 spiro atoms. The number of likely N-dealkylation sites (tertiary alicyclic amines) is 1. The Balaban J connectivity index is 1.31. The molecule has 2 heterocycles. The monoisotopic (exact) mass is 387 g/mol. The molecule has 2 aliphatic heterocycles. The molecule has 2 amide bonds. The lowest BCUT2D eigenvalue weighted by molar-refractivity contribution is -0.125. The SMILES string of the molecule is CC(C)(C)OC(=O)N1CCC2(CC1)N=C(C13CC4CC(CC(C4)C1)C3)NC2=O. The summed E-state index contributed by atoms with van der Waals surface area (Å²) in [5.41, 5.74) is -1.05. The van der Waals surface area contributed by atoms with Gasteiger partial charge in [0.05, 0.1) is 0 Å². The molecule has 6 rings (SSSR count). The molecule has 4 bridgehead atoms. The van der Waals surface area contributed by atoms with E-state index in [0.717, 1.165) is 23.6 Å². The molecule has 0 aromatic carbocycles. The largest absolute Gasteiger partial charge is 0.444 e. The zero-order valence-corrected chi connectivity index (χ0v) is 17.4. The Morgan fingerprint density at radius 2 is 1.61 bits per heavy atom. The average molecular weight is 388 g/mol. The van der Waals surface area contributed by atoms with Gasteiger partial charge in [-0.15, -0.1) is 0 Å². The zero-order chi connectivity index (χ0) is 19.7. The van der Waals surface area contributed by atoms with Crippen molar-refractivity contribution >= 4 is 17.8 Å². The van der Waals surface area contributed by atoms with Crippen LogP contribution in [0, 0.1) is 23.2 Å². The Hall–Kier alpha value is -1.59. The van der Waals surface area contributed by atoms with Crippen LogP contribution in [0.15, 0.2) is 4.99 Å². The Kier molecular flexibility index (Phi) is 3.92. The first-order valence-electron chi connectivity index (χ1n) is 11.1. The van der Waals surface area contributed by atoms with Crippen molar-refractivity contribution in [2.75, 3.05) is 13.1 Å². The second-order valence-corrected chi connectivity index (χ2v) is 11.1. The van der Waals surface area contributed by atoms with Crippen molar-refractivity contribution in [3.63, 3.8) is 0 Å². The molecule has 154 valence electrons. The number of aliphatic imine (C=N–C) groups is 1. The number of hydrogen-bond donors (Lipinski definition) is 1. The van der Waals surface area contributed by atoms with Crippen molar-refractivity contribution in [1.82, 2.24) is 10.2 Å². The van der Waals surface area contributed by atoms with E-state index in [2.05, 4.69) is 5.32 Å². The van der Waals surface area contributed by atoms with Crippen LogP contribution in [0.1, 0.15) is 72.1 Å². The predicted octanol–water partition coefficient (Wildman–Crippen LogP) is 3.50. The first-order valence-corrected chi connectivity index (χ1v) is 11.1. The number of nitrogens with one attached hydrogen (secondary N) is 1. The topological polar surface area (TPSA) is 71.0 Å². The molecule has 4 saturated carbocycles. The molecule has 0 atom stereocenters. The fraction of sp³-hybridized carbons (Fsp3) is 0.864. The molecule has 5 fully saturated rings. The van der Waals surface area contributed by atoms with E-state index in [9.17, 15) is 9.59 Å².